The molecule has 0 atom stereocenters. The van der Waals surface area contributed by atoms with Gasteiger partial charge in [0.05, 0.1) is 0 Å². The summed E-state index contributed by atoms with van der Waals surface area (Å²) in [7, 11) is 0. The first-order valence-corrected chi connectivity index (χ1v) is 10.8. The summed E-state index contributed by atoms with van der Waals surface area (Å²) in [6.07, 6.45) is 25.4. The van der Waals surface area contributed by atoms with E-state index in [1.807, 2.05) is 4.90 Å². The fourth-order valence-corrected chi connectivity index (χ4v) is 3.51. The van der Waals surface area contributed by atoms with Crippen LogP contribution in [0.1, 0.15) is 110 Å². The average molecular weight is 336 g/mol. The van der Waals surface area contributed by atoms with E-state index in [0.717, 1.165) is 19.5 Å². The van der Waals surface area contributed by atoms with E-state index >= 15 is 0 Å². The van der Waals surface area contributed by atoms with Crippen LogP contribution in [0.2, 0.25) is 0 Å². The first-order valence-electron chi connectivity index (χ1n) is 10.8. The zero-order valence-electron chi connectivity index (χ0n) is 16.2. The third-order valence-corrected chi connectivity index (χ3v) is 5.15. The Morgan fingerprint density at radius 3 is 1.71 bits per heavy atom. The topological polar surface area (TPSA) is 20.3 Å². The number of carbonyl (C=O) groups is 1. The molecule has 0 aromatic rings. The van der Waals surface area contributed by atoms with Crippen LogP contribution in [0.5, 0.6) is 0 Å². The number of amides is 1. The number of unbranched alkanes of at least 4 members (excludes halogenated alkanes) is 13. The van der Waals surface area contributed by atoms with Gasteiger partial charge in [-0.15, -0.1) is 0 Å². The first-order chi connectivity index (χ1) is 11.8. The largest absolute Gasteiger partial charge is 0.339 e. The molecule has 2 nitrogen and oxygen atoms in total. The zero-order chi connectivity index (χ0) is 17.3. The van der Waals surface area contributed by atoms with Crippen LogP contribution in [0.15, 0.2) is 12.2 Å². The Hall–Kier alpha value is -0.790. The van der Waals surface area contributed by atoms with Gasteiger partial charge in [0, 0.05) is 13.1 Å². The Morgan fingerprint density at radius 2 is 1.21 bits per heavy atom. The summed E-state index contributed by atoms with van der Waals surface area (Å²) >= 11 is 0. The number of hydrogen-bond donors (Lipinski definition) is 0. The average Bonchev–Trinajstić information content (AvgIpc) is 3.13. The monoisotopic (exact) mass is 335 g/mol. The van der Waals surface area contributed by atoms with Crippen molar-refractivity contribution in [3.8, 4) is 0 Å². The van der Waals surface area contributed by atoms with Crippen molar-refractivity contribution in [1.82, 2.24) is 4.90 Å². The van der Waals surface area contributed by atoms with Crippen LogP contribution in [0.25, 0.3) is 0 Å². The molecule has 0 radical (unpaired) electrons. The van der Waals surface area contributed by atoms with E-state index in [1.54, 1.807) is 6.08 Å². The lowest BCUT2D eigenvalue weighted by atomic mass is 10.0. The standard InChI is InChI=1S/C22H41NO/c1-2-3-4-5-6-7-8-9-10-11-12-13-14-15-16-19-22(24)23-20-17-18-21-23/h16,19H,2-15,17-18,20-21H2,1H3. The van der Waals surface area contributed by atoms with E-state index in [9.17, 15) is 4.79 Å². The minimum atomic E-state index is 0.224. The second-order valence-corrected chi connectivity index (χ2v) is 7.47. The van der Waals surface area contributed by atoms with Crippen LogP contribution < -0.4 is 0 Å². The minimum Gasteiger partial charge on any atom is -0.339 e. The van der Waals surface area contributed by atoms with Crippen LogP contribution in [0.3, 0.4) is 0 Å². The van der Waals surface area contributed by atoms with E-state index in [4.69, 9.17) is 0 Å². The van der Waals surface area contributed by atoms with Crippen molar-refractivity contribution in [3.63, 3.8) is 0 Å². The summed E-state index contributed by atoms with van der Waals surface area (Å²) in [5, 5.41) is 0. The molecule has 1 aliphatic rings. The Kier molecular flexibility index (Phi) is 13.9. The van der Waals surface area contributed by atoms with Crippen molar-refractivity contribution in [2.45, 2.75) is 110 Å². The van der Waals surface area contributed by atoms with Gasteiger partial charge in [-0.25, -0.2) is 0 Å². The lowest BCUT2D eigenvalue weighted by Gasteiger charge is -2.11. The maximum absolute atomic E-state index is 11.8. The molecule has 0 aromatic carbocycles. The van der Waals surface area contributed by atoms with Gasteiger partial charge in [0.25, 0.3) is 0 Å². The SMILES string of the molecule is CCCCCCCCCCCCCCCC=CC(=O)N1CCCC1. The van der Waals surface area contributed by atoms with Crippen molar-refractivity contribution in [3.05, 3.63) is 12.2 Å². The molecule has 2 heteroatoms. The molecular formula is C22H41NO. The lowest BCUT2D eigenvalue weighted by molar-refractivity contribution is -0.125. The number of rotatable bonds is 15. The molecule has 1 saturated heterocycles. The highest BCUT2D eigenvalue weighted by Gasteiger charge is 2.14. The molecule has 0 spiro atoms. The molecule has 1 rings (SSSR count). The van der Waals surface area contributed by atoms with Gasteiger partial charge >= 0.3 is 0 Å². The third-order valence-electron chi connectivity index (χ3n) is 5.15. The third kappa shape index (κ3) is 11.7. The van der Waals surface area contributed by atoms with Crippen LogP contribution in [-0.4, -0.2) is 23.9 Å². The highest BCUT2D eigenvalue weighted by molar-refractivity contribution is 5.87. The molecule has 0 aromatic heterocycles. The maximum atomic E-state index is 11.8. The van der Waals surface area contributed by atoms with Gasteiger partial charge in [0.15, 0.2) is 0 Å². The molecule has 1 aliphatic heterocycles. The molecule has 0 saturated carbocycles. The molecule has 1 heterocycles. The van der Waals surface area contributed by atoms with Gasteiger partial charge in [-0.1, -0.05) is 90.0 Å². The Bertz CT molecular complexity index is 318. The molecule has 0 N–H and O–H groups in total. The molecule has 1 fully saturated rings. The molecule has 140 valence electrons. The lowest BCUT2D eigenvalue weighted by Crippen LogP contribution is -2.25. The van der Waals surface area contributed by atoms with Gasteiger partial charge in [0.2, 0.25) is 5.91 Å². The summed E-state index contributed by atoms with van der Waals surface area (Å²) in [6, 6.07) is 0. The predicted molar refractivity (Wildman–Crippen MR) is 105 cm³/mol. The van der Waals surface area contributed by atoms with Crippen LogP contribution in [-0.2, 0) is 4.79 Å². The molecule has 24 heavy (non-hydrogen) atoms. The Labute approximate surface area is 151 Å². The number of allylic oxidation sites excluding steroid dienone is 1. The van der Waals surface area contributed by atoms with E-state index < -0.39 is 0 Å². The van der Waals surface area contributed by atoms with Gasteiger partial charge in [-0.3, -0.25) is 4.79 Å². The summed E-state index contributed by atoms with van der Waals surface area (Å²) in [4.78, 5) is 13.8. The normalized spacial score (nSPS) is 14.8. The Morgan fingerprint density at radius 1 is 0.750 bits per heavy atom. The van der Waals surface area contributed by atoms with Crippen molar-refractivity contribution in [2.75, 3.05) is 13.1 Å². The molecule has 1 amide bonds. The van der Waals surface area contributed by atoms with Crippen LogP contribution >= 0.6 is 0 Å². The Balaban J connectivity index is 1.76. The smallest absolute Gasteiger partial charge is 0.246 e. The number of likely N-dealkylation sites (tertiary alicyclic amines) is 1. The fourth-order valence-electron chi connectivity index (χ4n) is 3.51. The van der Waals surface area contributed by atoms with E-state index in [0.29, 0.717) is 0 Å². The van der Waals surface area contributed by atoms with Gasteiger partial charge in [-0.2, -0.15) is 0 Å². The van der Waals surface area contributed by atoms with Gasteiger partial charge in [0.1, 0.15) is 0 Å². The predicted octanol–water partition coefficient (Wildman–Crippen LogP) is 6.65. The van der Waals surface area contributed by atoms with Crippen molar-refractivity contribution in [2.24, 2.45) is 0 Å². The van der Waals surface area contributed by atoms with Crippen molar-refractivity contribution >= 4 is 5.91 Å². The van der Waals surface area contributed by atoms with Gasteiger partial charge in [-0.05, 0) is 31.8 Å². The summed E-state index contributed by atoms with van der Waals surface area (Å²) in [5.74, 6) is 0.224. The molecule has 0 aliphatic carbocycles. The van der Waals surface area contributed by atoms with E-state index in [1.165, 1.54) is 96.3 Å². The summed E-state index contributed by atoms with van der Waals surface area (Å²) in [5.41, 5.74) is 0. The second kappa shape index (κ2) is 15.7. The number of nitrogens with zero attached hydrogens (tertiary/aromatic N) is 1. The number of hydrogen-bond acceptors (Lipinski definition) is 1. The first kappa shape index (κ1) is 21.3. The van der Waals surface area contributed by atoms with Crippen molar-refractivity contribution < 1.29 is 4.79 Å². The summed E-state index contributed by atoms with van der Waals surface area (Å²) in [6.45, 7) is 4.20. The van der Waals surface area contributed by atoms with Crippen molar-refractivity contribution in [1.29, 1.82) is 0 Å². The summed E-state index contributed by atoms with van der Waals surface area (Å²) < 4.78 is 0. The van der Waals surface area contributed by atoms with Crippen LogP contribution in [0.4, 0.5) is 0 Å². The second-order valence-electron chi connectivity index (χ2n) is 7.47. The highest BCUT2D eigenvalue weighted by Crippen LogP contribution is 2.13. The quantitative estimate of drug-likeness (QED) is 0.242. The maximum Gasteiger partial charge on any atom is 0.246 e. The molecule has 0 unspecified atom stereocenters. The molecule has 0 bridgehead atoms. The molecular weight excluding hydrogens is 294 g/mol. The van der Waals surface area contributed by atoms with E-state index in [-0.39, 0.29) is 5.91 Å². The highest BCUT2D eigenvalue weighted by atomic mass is 16.2. The zero-order valence-corrected chi connectivity index (χ0v) is 16.2. The minimum absolute atomic E-state index is 0.224. The fraction of sp³-hybridized carbons (Fsp3) is 0.864. The number of carbonyl (C=O) groups excluding carboxylic acids is 1. The van der Waals surface area contributed by atoms with E-state index in [2.05, 4.69) is 13.0 Å². The van der Waals surface area contributed by atoms with Gasteiger partial charge < -0.3 is 4.90 Å². The van der Waals surface area contributed by atoms with Crippen LogP contribution in [0, 0.1) is 0 Å².